The number of hydrogen-bond acceptors (Lipinski definition) is 5. The van der Waals surface area contributed by atoms with Gasteiger partial charge in [0.1, 0.15) is 5.58 Å². The van der Waals surface area contributed by atoms with E-state index < -0.39 is 11.8 Å². The molecule has 0 fully saturated rings. The van der Waals surface area contributed by atoms with Crippen LogP contribution >= 0.6 is 0 Å². The SMILES string of the molecule is COc1cc(C(=O)NNC(=O)c2oc3ccccc3c2C)ccc1OCCC(C)C. The summed E-state index contributed by atoms with van der Waals surface area (Å²) in [7, 11) is 1.51. The van der Waals surface area contributed by atoms with Crippen molar-refractivity contribution in [3.05, 3.63) is 59.4 Å². The molecular weight excluding hydrogens is 384 g/mol. The van der Waals surface area contributed by atoms with E-state index in [1.54, 1.807) is 31.2 Å². The zero-order chi connectivity index (χ0) is 21.7. The molecule has 0 atom stereocenters. The van der Waals surface area contributed by atoms with E-state index in [4.69, 9.17) is 13.9 Å². The Kier molecular flexibility index (Phi) is 6.61. The van der Waals surface area contributed by atoms with Crippen molar-refractivity contribution in [1.82, 2.24) is 10.9 Å². The summed E-state index contributed by atoms with van der Waals surface area (Å²) in [5, 5.41) is 0.853. The van der Waals surface area contributed by atoms with Gasteiger partial charge in [-0.1, -0.05) is 32.0 Å². The molecule has 30 heavy (non-hydrogen) atoms. The Balaban J connectivity index is 1.65. The van der Waals surface area contributed by atoms with Crippen LogP contribution in [0.2, 0.25) is 0 Å². The summed E-state index contributed by atoms with van der Waals surface area (Å²) in [6, 6.07) is 12.2. The molecule has 0 aliphatic rings. The van der Waals surface area contributed by atoms with Gasteiger partial charge in [0.2, 0.25) is 0 Å². The number of carbonyl (C=O) groups is 2. The summed E-state index contributed by atoms with van der Waals surface area (Å²) in [6.45, 7) is 6.60. The molecule has 2 N–H and O–H groups in total. The van der Waals surface area contributed by atoms with Crippen molar-refractivity contribution in [3.63, 3.8) is 0 Å². The maximum atomic E-state index is 12.5. The Hall–Kier alpha value is -3.48. The Labute approximate surface area is 175 Å². The molecule has 0 unspecified atom stereocenters. The number of carbonyl (C=O) groups excluding carboxylic acids is 2. The van der Waals surface area contributed by atoms with Gasteiger partial charge in [-0.3, -0.25) is 20.4 Å². The summed E-state index contributed by atoms with van der Waals surface area (Å²) in [5.41, 5.74) is 6.45. The number of ether oxygens (including phenoxy) is 2. The van der Waals surface area contributed by atoms with E-state index in [1.807, 2.05) is 18.2 Å². The lowest BCUT2D eigenvalue weighted by Crippen LogP contribution is -2.41. The second-order valence-corrected chi connectivity index (χ2v) is 7.36. The minimum Gasteiger partial charge on any atom is -0.493 e. The van der Waals surface area contributed by atoms with Gasteiger partial charge in [0.05, 0.1) is 13.7 Å². The van der Waals surface area contributed by atoms with Crippen LogP contribution in [0.5, 0.6) is 11.5 Å². The van der Waals surface area contributed by atoms with Gasteiger partial charge in [-0.25, -0.2) is 0 Å². The maximum Gasteiger partial charge on any atom is 0.305 e. The molecule has 0 saturated heterocycles. The van der Waals surface area contributed by atoms with Gasteiger partial charge in [-0.2, -0.15) is 0 Å². The smallest absolute Gasteiger partial charge is 0.305 e. The summed E-state index contributed by atoms with van der Waals surface area (Å²) in [6.07, 6.45) is 0.915. The molecule has 3 aromatic rings. The fourth-order valence-electron chi connectivity index (χ4n) is 2.97. The Morgan fingerprint density at radius 1 is 1.03 bits per heavy atom. The second-order valence-electron chi connectivity index (χ2n) is 7.36. The number of benzene rings is 2. The van der Waals surface area contributed by atoms with E-state index in [2.05, 4.69) is 24.7 Å². The average molecular weight is 410 g/mol. The Morgan fingerprint density at radius 2 is 1.77 bits per heavy atom. The highest BCUT2D eigenvalue weighted by Gasteiger charge is 2.18. The van der Waals surface area contributed by atoms with Gasteiger partial charge in [0, 0.05) is 16.5 Å². The first-order valence-electron chi connectivity index (χ1n) is 9.80. The van der Waals surface area contributed by atoms with Gasteiger partial charge in [0.25, 0.3) is 5.91 Å². The highest BCUT2D eigenvalue weighted by molar-refractivity contribution is 6.01. The van der Waals surface area contributed by atoms with E-state index in [9.17, 15) is 9.59 Å². The quantitative estimate of drug-likeness (QED) is 0.569. The zero-order valence-corrected chi connectivity index (χ0v) is 17.6. The number of methoxy groups -OCH3 is 1. The van der Waals surface area contributed by atoms with Gasteiger partial charge in [0.15, 0.2) is 17.3 Å². The monoisotopic (exact) mass is 410 g/mol. The molecule has 7 heteroatoms. The lowest BCUT2D eigenvalue weighted by molar-refractivity contribution is 0.0831. The number of amides is 2. The van der Waals surface area contributed by atoms with E-state index in [-0.39, 0.29) is 5.76 Å². The van der Waals surface area contributed by atoms with Crippen LogP contribution < -0.4 is 20.3 Å². The van der Waals surface area contributed by atoms with Crippen molar-refractivity contribution in [2.24, 2.45) is 5.92 Å². The van der Waals surface area contributed by atoms with Crippen molar-refractivity contribution >= 4 is 22.8 Å². The van der Waals surface area contributed by atoms with Crippen molar-refractivity contribution < 1.29 is 23.5 Å². The summed E-state index contributed by atoms with van der Waals surface area (Å²) in [4.78, 5) is 24.9. The van der Waals surface area contributed by atoms with Gasteiger partial charge in [-0.05, 0) is 43.5 Å². The van der Waals surface area contributed by atoms with Gasteiger partial charge < -0.3 is 13.9 Å². The summed E-state index contributed by atoms with van der Waals surface area (Å²) >= 11 is 0. The van der Waals surface area contributed by atoms with Crippen LogP contribution in [0.15, 0.2) is 46.9 Å². The number of hydrazine groups is 1. The molecule has 0 bridgehead atoms. The fourth-order valence-corrected chi connectivity index (χ4v) is 2.97. The minimum absolute atomic E-state index is 0.156. The number of fused-ring (bicyclic) bond motifs is 1. The molecule has 2 aromatic carbocycles. The predicted molar refractivity (Wildman–Crippen MR) is 114 cm³/mol. The Bertz CT molecular complexity index is 1050. The van der Waals surface area contributed by atoms with Crippen molar-refractivity contribution in [2.75, 3.05) is 13.7 Å². The summed E-state index contributed by atoms with van der Waals surface area (Å²) < 4.78 is 16.7. The number of rotatable bonds is 7. The van der Waals surface area contributed by atoms with Crippen LogP contribution in [0.3, 0.4) is 0 Å². The highest BCUT2D eigenvalue weighted by atomic mass is 16.5. The molecule has 0 saturated carbocycles. The number of hydrogen-bond donors (Lipinski definition) is 2. The first kappa shape index (κ1) is 21.2. The fraction of sp³-hybridized carbons (Fsp3) is 0.304. The molecular formula is C23H26N2O5. The molecule has 158 valence electrons. The molecule has 0 spiro atoms. The van der Waals surface area contributed by atoms with E-state index >= 15 is 0 Å². The van der Waals surface area contributed by atoms with E-state index in [0.29, 0.717) is 40.7 Å². The molecule has 7 nitrogen and oxygen atoms in total. The van der Waals surface area contributed by atoms with Crippen LogP contribution in [-0.4, -0.2) is 25.5 Å². The predicted octanol–water partition coefficient (Wildman–Crippen LogP) is 4.25. The van der Waals surface area contributed by atoms with Gasteiger partial charge >= 0.3 is 5.91 Å². The van der Waals surface area contributed by atoms with Crippen molar-refractivity contribution in [1.29, 1.82) is 0 Å². The first-order valence-corrected chi connectivity index (χ1v) is 9.80. The third kappa shape index (κ3) is 4.74. The molecule has 1 aromatic heterocycles. The lowest BCUT2D eigenvalue weighted by Gasteiger charge is -2.13. The third-order valence-electron chi connectivity index (χ3n) is 4.72. The van der Waals surface area contributed by atoms with Crippen LogP contribution in [0, 0.1) is 12.8 Å². The normalized spacial score (nSPS) is 10.8. The number of aryl methyl sites for hydroxylation is 1. The molecule has 1 heterocycles. The largest absolute Gasteiger partial charge is 0.493 e. The van der Waals surface area contributed by atoms with Crippen LogP contribution in [0.25, 0.3) is 11.0 Å². The molecule has 0 radical (unpaired) electrons. The number of para-hydroxylation sites is 1. The highest BCUT2D eigenvalue weighted by Crippen LogP contribution is 2.28. The van der Waals surface area contributed by atoms with Crippen LogP contribution in [0.4, 0.5) is 0 Å². The standard InChI is InChI=1S/C23H26N2O5/c1-14(2)11-12-29-19-10-9-16(13-20(19)28-4)22(26)24-25-23(27)21-15(3)17-7-5-6-8-18(17)30-21/h5-10,13-14H,11-12H2,1-4H3,(H,24,26)(H,25,27). The topological polar surface area (TPSA) is 89.8 Å². The number of furan rings is 1. The van der Waals surface area contributed by atoms with Crippen LogP contribution in [-0.2, 0) is 0 Å². The van der Waals surface area contributed by atoms with Crippen molar-refractivity contribution in [3.8, 4) is 11.5 Å². The molecule has 0 aliphatic heterocycles. The van der Waals surface area contributed by atoms with Gasteiger partial charge in [-0.15, -0.1) is 0 Å². The number of nitrogens with one attached hydrogen (secondary N) is 2. The lowest BCUT2D eigenvalue weighted by atomic mass is 10.1. The van der Waals surface area contributed by atoms with Crippen molar-refractivity contribution in [2.45, 2.75) is 27.2 Å². The molecule has 3 rings (SSSR count). The third-order valence-corrected chi connectivity index (χ3v) is 4.72. The second kappa shape index (κ2) is 9.35. The van der Waals surface area contributed by atoms with E-state index in [1.165, 1.54) is 7.11 Å². The Morgan fingerprint density at radius 3 is 2.47 bits per heavy atom. The summed E-state index contributed by atoms with van der Waals surface area (Å²) in [5.74, 6) is 0.687. The minimum atomic E-state index is -0.530. The zero-order valence-electron chi connectivity index (χ0n) is 17.6. The molecule has 0 aliphatic carbocycles. The first-order chi connectivity index (χ1) is 14.4. The van der Waals surface area contributed by atoms with E-state index in [0.717, 1.165) is 11.8 Å². The van der Waals surface area contributed by atoms with Crippen LogP contribution in [0.1, 0.15) is 46.7 Å². The molecule has 2 amide bonds. The maximum absolute atomic E-state index is 12.5. The average Bonchev–Trinajstić information content (AvgIpc) is 3.08.